The van der Waals surface area contributed by atoms with Crippen LogP contribution in [0.5, 0.6) is 0 Å². The van der Waals surface area contributed by atoms with E-state index in [9.17, 15) is 56.2 Å². The van der Waals surface area contributed by atoms with Crippen LogP contribution in [0.15, 0.2) is 42.6 Å². The van der Waals surface area contributed by atoms with Crippen molar-refractivity contribution in [2.24, 2.45) is 5.92 Å². The van der Waals surface area contributed by atoms with Gasteiger partial charge in [0, 0.05) is 12.3 Å². The van der Waals surface area contributed by atoms with Crippen molar-refractivity contribution in [1.29, 1.82) is 0 Å². The third-order valence-corrected chi connectivity index (χ3v) is 7.49. The van der Waals surface area contributed by atoms with Crippen molar-refractivity contribution in [2.45, 2.75) is 72.1 Å². The highest BCUT2D eigenvalue weighted by molar-refractivity contribution is 6.35. The molecule has 2 amide bonds. The summed E-state index contributed by atoms with van der Waals surface area (Å²) in [6.45, 7) is 11.2. The van der Waals surface area contributed by atoms with Crippen molar-refractivity contribution in [1.82, 2.24) is 15.6 Å². The molecule has 1 aromatic heterocycles. The number of rotatable bonds is 10. The molecule has 0 bridgehead atoms. The van der Waals surface area contributed by atoms with Gasteiger partial charge >= 0.3 is 29.8 Å². The first kappa shape index (κ1) is 43.3. The number of carbonyl (C=O) groups is 2. The fraction of sp³-hybridized carbons (Fsp3) is 0.387. The number of anilines is 2. The number of hydrogen-bond acceptors (Lipinski definition) is 9. The van der Waals surface area contributed by atoms with Crippen LogP contribution in [0.25, 0.3) is 0 Å². The summed E-state index contributed by atoms with van der Waals surface area (Å²) in [4.78, 5) is 47.1. The molecule has 1 heterocycles. The van der Waals surface area contributed by atoms with Gasteiger partial charge in [-0.1, -0.05) is 66.9 Å². The Morgan fingerprint density at radius 3 is 1.90 bits per heavy atom. The molecule has 52 heavy (non-hydrogen) atoms. The molecule has 3 aromatic rings. The number of halogens is 8. The van der Waals surface area contributed by atoms with E-state index in [-0.39, 0.29) is 36.2 Å². The third-order valence-electron chi connectivity index (χ3n) is 6.82. The number of nitrogens with one attached hydrogen (secondary N) is 3. The number of amides is 2. The molecule has 2 aromatic carbocycles. The van der Waals surface area contributed by atoms with E-state index >= 15 is 0 Å². The maximum Gasteiger partial charge on any atom is 0.418 e. The summed E-state index contributed by atoms with van der Waals surface area (Å²) in [6, 6.07) is 7.54. The van der Waals surface area contributed by atoms with Crippen LogP contribution in [-0.4, -0.2) is 39.0 Å². The second-order valence-corrected chi connectivity index (χ2v) is 12.4. The highest BCUT2D eigenvalue weighted by Crippen LogP contribution is 2.48. The van der Waals surface area contributed by atoms with Gasteiger partial charge in [-0.25, -0.2) is 9.78 Å². The molecule has 0 saturated heterocycles. The topological polar surface area (TPSA) is 179 Å². The number of ether oxygens (including phenoxy) is 1. The number of aryl methyl sites for hydroxylation is 1. The quantitative estimate of drug-likeness (QED) is 0.103. The SMILES string of the molecule is Cc1ccc([C@H](C)NC(=O)C(NC(=O)OC(C)C)C(C)C)cc1.O=[N+]([O-])c1cc(C(F)(F)F)c(Cl)c([N+](=O)[O-])c1Nc1ncc(C(F)(F)F)cc1Cl. The Balaban J connectivity index is 0.000000371. The highest BCUT2D eigenvalue weighted by atomic mass is 35.5. The lowest BCUT2D eigenvalue weighted by atomic mass is 10.0. The molecule has 3 N–H and O–H groups in total. The summed E-state index contributed by atoms with van der Waals surface area (Å²) in [5.41, 5.74) is -5.07. The molecule has 0 aliphatic rings. The summed E-state index contributed by atoms with van der Waals surface area (Å²) in [6.07, 6.45) is -10.6. The zero-order valence-electron chi connectivity index (χ0n) is 28.1. The van der Waals surface area contributed by atoms with Crippen LogP contribution in [0.1, 0.15) is 62.9 Å². The number of nitro groups is 2. The smallest absolute Gasteiger partial charge is 0.418 e. The van der Waals surface area contributed by atoms with Gasteiger partial charge in [-0.05, 0) is 45.2 Å². The summed E-state index contributed by atoms with van der Waals surface area (Å²) < 4.78 is 82.1. The minimum atomic E-state index is -5.27. The van der Waals surface area contributed by atoms with E-state index in [1.54, 1.807) is 13.8 Å². The van der Waals surface area contributed by atoms with E-state index in [1.807, 2.05) is 57.3 Å². The summed E-state index contributed by atoms with van der Waals surface area (Å²) >= 11 is 11.1. The Bertz CT molecular complexity index is 1790. The highest BCUT2D eigenvalue weighted by Gasteiger charge is 2.42. The number of benzene rings is 2. The molecule has 0 radical (unpaired) electrons. The Hall–Kier alpha value is -4.91. The molecule has 0 aliphatic carbocycles. The first-order valence-corrected chi connectivity index (χ1v) is 15.7. The van der Waals surface area contributed by atoms with E-state index in [4.69, 9.17) is 27.9 Å². The molecule has 21 heteroatoms. The third kappa shape index (κ3) is 11.8. The zero-order valence-corrected chi connectivity index (χ0v) is 29.6. The lowest BCUT2D eigenvalue weighted by Crippen LogP contribution is -2.50. The Labute approximate surface area is 302 Å². The van der Waals surface area contributed by atoms with E-state index < -0.39 is 78.4 Å². The van der Waals surface area contributed by atoms with Gasteiger partial charge in [0.25, 0.3) is 0 Å². The number of alkyl carbamates (subject to hydrolysis) is 1. The largest absolute Gasteiger partial charge is 0.447 e. The first-order chi connectivity index (χ1) is 23.8. The molecule has 0 aliphatic heterocycles. The number of hydrogen-bond donors (Lipinski definition) is 3. The average molecular weight is 786 g/mol. The molecule has 2 atom stereocenters. The van der Waals surface area contributed by atoms with Crippen molar-refractivity contribution in [3.8, 4) is 0 Å². The maximum atomic E-state index is 13.0. The van der Waals surface area contributed by atoms with E-state index in [0.717, 1.165) is 5.56 Å². The molecule has 0 saturated carbocycles. The van der Waals surface area contributed by atoms with Gasteiger partial charge in [0.1, 0.15) is 16.9 Å². The maximum absolute atomic E-state index is 13.0. The molecule has 284 valence electrons. The molecular weight excluding hydrogens is 753 g/mol. The van der Waals surface area contributed by atoms with Crippen molar-refractivity contribution < 1.29 is 50.5 Å². The lowest BCUT2D eigenvalue weighted by molar-refractivity contribution is -0.392. The molecule has 1 unspecified atom stereocenters. The van der Waals surface area contributed by atoms with Crippen molar-refractivity contribution in [3.63, 3.8) is 0 Å². The Morgan fingerprint density at radius 2 is 1.46 bits per heavy atom. The number of carbonyl (C=O) groups excluding carboxylic acids is 2. The first-order valence-electron chi connectivity index (χ1n) is 14.9. The van der Waals surface area contributed by atoms with E-state index in [2.05, 4.69) is 15.6 Å². The minimum Gasteiger partial charge on any atom is -0.447 e. The Kier molecular flexibility index (Phi) is 14.6. The normalized spacial score (nSPS) is 12.7. The van der Waals surface area contributed by atoms with Crippen LogP contribution in [0.4, 0.5) is 54.0 Å². The summed E-state index contributed by atoms with van der Waals surface area (Å²) in [5, 5.41) is 27.7. The monoisotopic (exact) mass is 784 g/mol. The van der Waals surface area contributed by atoms with Gasteiger partial charge in [-0.15, -0.1) is 0 Å². The van der Waals surface area contributed by atoms with Gasteiger partial charge in [0.05, 0.1) is 38.1 Å². The van der Waals surface area contributed by atoms with E-state index in [0.29, 0.717) is 6.07 Å². The summed E-state index contributed by atoms with van der Waals surface area (Å²) in [5.74, 6) is -0.976. The number of nitrogens with zero attached hydrogens (tertiary/aromatic N) is 3. The second kappa shape index (κ2) is 17.5. The van der Waals surface area contributed by atoms with Crippen LogP contribution < -0.4 is 16.0 Å². The van der Waals surface area contributed by atoms with Crippen LogP contribution in [0, 0.1) is 33.1 Å². The standard InChI is InChI=1S/C18H28N2O3.C13H4Cl2F6N4O4/c1-11(2)16(20-18(22)23-12(3)4)17(21)19-14(6)15-9-7-13(5)8-10-15;14-6-1-4(12(16,17)18)3-22-11(6)23-9-7(24(26)27)2-5(13(19,20)21)8(15)10(9)25(28)29/h7-12,14,16H,1-6H3,(H,19,21)(H,20,22);1-3H,(H,22,23)/t14-,16?;/m0./s1. The fourth-order valence-corrected chi connectivity index (χ4v) is 4.77. The molecule has 0 fully saturated rings. The predicted molar refractivity (Wildman–Crippen MR) is 178 cm³/mol. The molecule has 3 rings (SSSR count). The van der Waals surface area contributed by atoms with E-state index in [1.165, 1.54) is 5.56 Å². The van der Waals surface area contributed by atoms with Gasteiger partial charge in [0.2, 0.25) is 5.91 Å². The second-order valence-electron chi connectivity index (χ2n) is 11.6. The predicted octanol–water partition coefficient (Wildman–Crippen LogP) is 9.32. The van der Waals surface area contributed by atoms with Crippen LogP contribution in [-0.2, 0) is 21.9 Å². The average Bonchev–Trinajstić information content (AvgIpc) is 2.99. The molecule has 13 nitrogen and oxygen atoms in total. The number of pyridine rings is 1. The molecule has 0 spiro atoms. The number of aromatic nitrogens is 1. The Morgan fingerprint density at radius 1 is 0.885 bits per heavy atom. The molecular formula is C31H32Cl2F6N6O7. The number of alkyl halides is 6. The van der Waals surface area contributed by atoms with Gasteiger partial charge in [0.15, 0.2) is 5.69 Å². The number of nitro benzene ring substituents is 2. The van der Waals surface area contributed by atoms with Gasteiger partial charge < -0.3 is 20.7 Å². The van der Waals surface area contributed by atoms with Crippen LogP contribution >= 0.6 is 23.2 Å². The van der Waals surface area contributed by atoms with Crippen molar-refractivity contribution >= 4 is 58.1 Å². The van der Waals surface area contributed by atoms with Gasteiger partial charge in [-0.3, -0.25) is 25.0 Å². The van der Waals surface area contributed by atoms with Crippen LogP contribution in [0.2, 0.25) is 10.0 Å². The summed E-state index contributed by atoms with van der Waals surface area (Å²) in [7, 11) is 0. The van der Waals surface area contributed by atoms with Crippen LogP contribution in [0.3, 0.4) is 0 Å². The van der Waals surface area contributed by atoms with Crippen molar-refractivity contribution in [2.75, 3.05) is 5.32 Å². The minimum absolute atomic E-state index is 0.0417. The fourth-order valence-electron chi connectivity index (χ4n) is 4.23. The van der Waals surface area contributed by atoms with Gasteiger partial charge in [-0.2, -0.15) is 26.3 Å². The zero-order chi connectivity index (χ0) is 39.9. The van der Waals surface area contributed by atoms with Crippen molar-refractivity contribution in [3.05, 3.63) is 95.1 Å². The lowest BCUT2D eigenvalue weighted by Gasteiger charge is -2.24.